The zero-order valence-electron chi connectivity index (χ0n) is 11.0. The number of hydrogen-bond acceptors (Lipinski definition) is 3. The monoisotopic (exact) mass is 279 g/mol. The number of hydrogen-bond donors (Lipinski definition) is 2. The van der Waals surface area contributed by atoms with Crippen molar-refractivity contribution >= 4 is 23.6 Å². The van der Waals surface area contributed by atoms with E-state index in [1.807, 2.05) is 30.3 Å². The summed E-state index contributed by atoms with van der Waals surface area (Å²) in [7, 11) is 0. The van der Waals surface area contributed by atoms with Crippen molar-refractivity contribution in [3.63, 3.8) is 0 Å². The van der Waals surface area contributed by atoms with E-state index in [-0.39, 0.29) is 17.1 Å². The second kappa shape index (κ2) is 7.63. The first-order valence-corrected chi connectivity index (χ1v) is 6.87. The van der Waals surface area contributed by atoms with Gasteiger partial charge in [0, 0.05) is 28.3 Å². The van der Waals surface area contributed by atoms with E-state index in [0.717, 1.165) is 10.6 Å². The van der Waals surface area contributed by atoms with Gasteiger partial charge in [-0.2, -0.15) is 0 Å². The second-order valence-electron chi connectivity index (χ2n) is 3.97. The van der Waals surface area contributed by atoms with Crippen molar-refractivity contribution < 1.29 is 14.7 Å². The fourth-order valence-electron chi connectivity index (χ4n) is 1.31. The lowest BCUT2D eigenvalue weighted by atomic mass is 10.1. The van der Waals surface area contributed by atoms with Gasteiger partial charge < -0.3 is 10.4 Å². The summed E-state index contributed by atoms with van der Waals surface area (Å²) in [4.78, 5) is 23.5. The van der Waals surface area contributed by atoms with Crippen molar-refractivity contribution in [2.24, 2.45) is 0 Å². The molecule has 0 aliphatic rings. The molecule has 0 aromatic heterocycles. The van der Waals surface area contributed by atoms with Crippen LogP contribution in [-0.2, 0) is 9.59 Å². The first kappa shape index (κ1) is 15.3. The van der Waals surface area contributed by atoms with E-state index in [1.54, 1.807) is 11.8 Å². The van der Waals surface area contributed by atoms with Gasteiger partial charge in [-0.05, 0) is 26.0 Å². The van der Waals surface area contributed by atoms with Crippen LogP contribution in [0.25, 0.3) is 0 Å². The number of nitrogens with one attached hydrogen (secondary N) is 1. The quantitative estimate of drug-likeness (QED) is 0.476. The van der Waals surface area contributed by atoms with E-state index >= 15 is 0 Å². The van der Waals surface area contributed by atoms with Gasteiger partial charge in [0.2, 0.25) is 5.91 Å². The maximum atomic E-state index is 11.7. The Morgan fingerprint density at radius 1 is 1.16 bits per heavy atom. The third-order valence-corrected chi connectivity index (χ3v) is 3.64. The molecule has 1 aromatic rings. The summed E-state index contributed by atoms with van der Waals surface area (Å²) in [5.74, 6) is -0.644. The molecule has 2 N–H and O–H groups in total. The zero-order chi connectivity index (χ0) is 14.3. The molecule has 19 heavy (non-hydrogen) atoms. The Labute approximate surface area is 116 Å². The first-order chi connectivity index (χ1) is 9.02. The molecule has 0 saturated heterocycles. The van der Waals surface area contributed by atoms with E-state index in [4.69, 9.17) is 5.11 Å². The highest BCUT2D eigenvalue weighted by atomic mass is 32.2. The maximum absolute atomic E-state index is 11.7. The number of carboxylic acid groups (broad SMARTS) is 1. The molecule has 0 heterocycles. The number of carbonyl (C=O) groups is 2. The topological polar surface area (TPSA) is 66.4 Å². The fourth-order valence-corrected chi connectivity index (χ4v) is 2.10. The molecule has 0 bridgehead atoms. The average Bonchev–Trinajstić information content (AvgIpc) is 2.42. The van der Waals surface area contributed by atoms with Crippen molar-refractivity contribution in [2.45, 2.75) is 18.7 Å². The number of amides is 1. The molecule has 0 aliphatic heterocycles. The molecule has 0 unspecified atom stereocenters. The summed E-state index contributed by atoms with van der Waals surface area (Å²) >= 11 is 1.64. The number of carboxylic acids is 1. The Balaban J connectivity index is 2.36. The van der Waals surface area contributed by atoms with Gasteiger partial charge in [-0.25, -0.2) is 4.79 Å². The van der Waals surface area contributed by atoms with Gasteiger partial charge in [-0.1, -0.05) is 18.2 Å². The SMILES string of the molecule is CC(C(=O)O)=C(C)C(=O)NCCSc1ccccc1. The molecule has 1 rings (SSSR count). The fraction of sp³-hybridized carbons (Fsp3) is 0.286. The van der Waals surface area contributed by atoms with E-state index in [0.29, 0.717) is 6.54 Å². The van der Waals surface area contributed by atoms with Crippen molar-refractivity contribution in [3.8, 4) is 0 Å². The lowest BCUT2D eigenvalue weighted by Crippen LogP contribution is -2.27. The van der Waals surface area contributed by atoms with E-state index in [2.05, 4.69) is 5.32 Å². The molecule has 1 aromatic carbocycles. The van der Waals surface area contributed by atoms with Gasteiger partial charge in [0.15, 0.2) is 0 Å². The molecular weight excluding hydrogens is 262 g/mol. The molecule has 0 atom stereocenters. The number of thioether (sulfide) groups is 1. The van der Waals surface area contributed by atoms with Crippen molar-refractivity contribution in [2.75, 3.05) is 12.3 Å². The summed E-state index contributed by atoms with van der Waals surface area (Å²) < 4.78 is 0. The van der Waals surface area contributed by atoms with Gasteiger partial charge in [0.05, 0.1) is 0 Å². The van der Waals surface area contributed by atoms with Crippen molar-refractivity contribution in [1.29, 1.82) is 0 Å². The Morgan fingerprint density at radius 2 is 1.79 bits per heavy atom. The van der Waals surface area contributed by atoms with Crippen LogP contribution in [0.3, 0.4) is 0 Å². The van der Waals surface area contributed by atoms with Crippen LogP contribution in [0.5, 0.6) is 0 Å². The van der Waals surface area contributed by atoms with Gasteiger partial charge in [-0.3, -0.25) is 4.79 Å². The summed E-state index contributed by atoms with van der Waals surface area (Å²) in [6, 6.07) is 9.89. The Bertz CT molecular complexity index is 483. The molecule has 5 heteroatoms. The van der Waals surface area contributed by atoms with E-state index in [9.17, 15) is 9.59 Å². The van der Waals surface area contributed by atoms with Crippen molar-refractivity contribution in [3.05, 3.63) is 41.5 Å². The minimum Gasteiger partial charge on any atom is -0.478 e. The van der Waals surface area contributed by atoms with Crippen LogP contribution < -0.4 is 5.32 Å². The predicted molar refractivity (Wildman–Crippen MR) is 76.2 cm³/mol. The number of carbonyl (C=O) groups excluding carboxylic acids is 1. The summed E-state index contributed by atoms with van der Waals surface area (Å²) in [6.07, 6.45) is 0. The third-order valence-electron chi connectivity index (χ3n) is 2.62. The summed E-state index contributed by atoms with van der Waals surface area (Å²) in [5.41, 5.74) is 0.324. The molecule has 102 valence electrons. The highest BCUT2D eigenvalue weighted by molar-refractivity contribution is 7.99. The molecule has 0 aliphatic carbocycles. The molecule has 0 fully saturated rings. The molecule has 0 saturated carbocycles. The minimum absolute atomic E-state index is 0.0770. The van der Waals surface area contributed by atoms with Gasteiger partial charge in [-0.15, -0.1) is 11.8 Å². The summed E-state index contributed by atoms with van der Waals surface area (Å²) in [6.45, 7) is 3.45. The Morgan fingerprint density at radius 3 is 2.37 bits per heavy atom. The Kier molecular flexibility index (Phi) is 6.15. The van der Waals surface area contributed by atoms with Crippen molar-refractivity contribution in [1.82, 2.24) is 5.32 Å². The standard InChI is InChI=1S/C14H17NO3S/c1-10(11(2)14(17)18)13(16)15-8-9-19-12-6-4-3-5-7-12/h3-7H,8-9H2,1-2H3,(H,15,16)(H,17,18). The van der Waals surface area contributed by atoms with Crippen LogP contribution in [-0.4, -0.2) is 29.3 Å². The molecule has 1 amide bonds. The molecular formula is C14H17NO3S. The largest absolute Gasteiger partial charge is 0.478 e. The van der Waals surface area contributed by atoms with Crippen LogP contribution in [0.1, 0.15) is 13.8 Å². The average molecular weight is 279 g/mol. The van der Waals surface area contributed by atoms with Crippen LogP contribution >= 0.6 is 11.8 Å². The normalized spacial score (nSPS) is 11.7. The van der Waals surface area contributed by atoms with Crippen LogP contribution in [0.15, 0.2) is 46.4 Å². The highest BCUT2D eigenvalue weighted by Gasteiger charge is 2.11. The van der Waals surface area contributed by atoms with Gasteiger partial charge in [0.1, 0.15) is 0 Å². The Hall–Kier alpha value is -1.75. The lowest BCUT2D eigenvalue weighted by Gasteiger charge is -2.06. The molecule has 0 spiro atoms. The zero-order valence-corrected chi connectivity index (χ0v) is 11.8. The maximum Gasteiger partial charge on any atom is 0.331 e. The van der Waals surface area contributed by atoms with Crippen LogP contribution in [0.2, 0.25) is 0 Å². The third kappa shape index (κ3) is 5.18. The second-order valence-corrected chi connectivity index (χ2v) is 5.14. The predicted octanol–water partition coefficient (Wildman–Crippen LogP) is 2.32. The van der Waals surface area contributed by atoms with E-state index < -0.39 is 5.97 Å². The first-order valence-electron chi connectivity index (χ1n) is 5.89. The van der Waals surface area contributed by atoms with Crippen LogP contribution in [0.4, 0.5) is 0 Å². The number of benzene rings is 1. The lowest BCUT2D eigenvalue weighted by molar-refractivity contribution is -0.133. The molecule has 0 radical (unpaired) electrons. The van der Waals surface area contributed by atoms with E-state index in [1.165, 1.54) is 13.8 Å². The number of aliphatic carboxylic acids is 1. The smallest absolute Gasteiger partial charge is 0.331 e. The van der Waals surface area contributed by atoms with Crippen LogP contribution in [0, 0.1) is 0 Å². The van der Waals surface area contributed by atoms with Gasteiger partial charge >= 0.3 is 5.97 Å². The van der Waals surface area contributed by atoms with Gasteiger partial charge in [0.25, 0.3) is 0 Å². The molecule has 4 nitrogen and oxygen atoms in total. The minimum atomic E-state index is -1.06. The highest BCUT2D eigenvalue weighted by Crippen LogP contribution is 2.15. The summed E-state index contributed by atoms with van der Waals surface area (Å²) in [5, 5.41) is 11.5. The number of rotatable bonds is 6.